The molecule has 10 heteroatoms. The normalized spacial score (nSPS) is 14.5. The Morgan fingerprint density at radius 2 is 1.05 bits per heavy atom. The van der Waals surface area contributed by atoms with Crippen LogP contribution in [0.15, 0.2) is 85.1 Å². The second kappa shape index (κ2) is 36.8. The second-order valence-corrected chi connectivity index (χ2v) is 16.0. The third-order valence-corrected chi connectivity index (χ3v) is 9.11. The van der Waals surface area contributed by atoms with Gasteiger partial charge in [0.2, 0.25) is 0 Å². The predicted octanol–water partition coefficient (Wildman–Crippen LogP) is 11.0. The van der Waals surface area contributed by atoms with Gasteiger partial charge in [-0.15, -0.1) is 0 Å². The molecule has 0 aliphatic heterocycles. The average Bonchev–Trinajstić information content (AvgIpc) is 3.13. The van der Waals surface area contributed by atoms with Gasteiger partial charge in [0.1, 0.15) is 19.8 Å². The first-order chi connectivity index (χ1) is 26.5. The van der Waals surface area contributed by atoms with Gasteiger partial charge in [-0.1, -0.05) is 131 Å². The molecule has 0 bridgehead atoms. The fourth-order valence-electron chi connectivity index (χ4n) is 4.88. The van der Waals surface area contributed by atoms with Crippen molar-refractivity contribution in [1.29, 1.82) is 0 Å². The van der Waals surface area contributed by atoms with Crippen LogP contribution in [0.4, 0.5) is 0 Å². The van der Waals surface area contributed by atoms with Crippen molar-refractivity contribution in [2.75, 3.05) is 47.5 Å². The molecule has 55 heavy (non-hydrogen) atoms. The van der Waals surface area contributed by atoms with E-state index in [-0.39, 0.29) is 26.1 Å². The Hall–Kier alpha value is -2.81. The number of quaternary nitrogens is 1. The Morgan fingerprint density at radius 3 is 1.60 bits per heavy atom. The van der Waals surface area contributed by atoms with Gasteiger partial charge in [-0.2, -0.15) is 0 Å². The van der Waals surface area contributed by atoms with E-state index in [1.54, 1.807) is 0 Å². The highest BCUT2D eigenvalue weighted by atomic mass is 31.2. The van der Waals surface area contributed by atoms with Gasteiger partial charge in [0.15, 0.2) is 6.10 Å². The molecule has 0 spiro atoms. The number of rotatable bonds is 36. The van der Waals surface area contributed by atoms with Crippen LogP contribution in [0.5, 0.6) is 0 Å². The standard InChI is InChI=1S/C45H76NO8P/c1-6-8-10-12-14-16-18-20-22-23-24-26-28-30-32-34-36-38-45(48)54-43(42-53-55(49,50)52-40-39-46(3,4)5)41-51-44(47)37-35-33-31-29-27-25-21-19-17-15-13-11-9-7-2/h8,10,13-16,19-22,24,26,30,32,43H,6-7,9,11-12,17-18,23,25,27-29,31,33-42H2,1-5H3/b10-8+,15-13+,16-14+,21-19+,22-20+,26-24+,32-30+/t43-/m1/s1. The number of ether oxygens (including phenoxy) is 2. The van der Waals surface area contributed by atoms with Crippen LogP contribution in [0, 0.1) is 0 Å². The van der Waals surface area contributed by atoms with Crippen molar-refractivity contribution < 1.29 is 42.1 Å². The fourth-order valence-corrected chi connectivity index (χ4v) is 5.61. The van der Waals surface area contributed by atoms with Crippen molar-refractivity contribution in [3.05, 3.63) is 85.1 Å². The van der Waals surface area contributed by atoms with Crippen molar-refractivity contribution in [2.24, 2.45) is 0 Å². The zero-order valence-electron chi connectivity index (χ0n) is 35.1. The summed E-state index contributed by atoms with van der Waals surface area (Å²) >= 11 is 0. The molecule has 0 heterocycles. The highest BCUT2D eigenvalue weighted by molar-refractivity contribution is 7.45. The maximum Gasteiger partial charge on any atom is 0.306 e. The molecule has 0 saturated heterocycles. The molecule has 0 aliphatic rings. The second-order valence-electron chi connectivity index (χ2n) is 14.6. The highest BCUT2D eigenvalue weighted by Crippen LogP contribution is 2.38. The predicted molar refractivity (Wildman–Crippen MR) is 226 cm³/mol. The molecule has 0 amide bonds. The number of hydrogen-bond donors (Lipinski definition) is 0. The summed E-state index contributed by atoms with van der Waals surface area (Å²) in [7, 11) is 1.10. The molecule has 0 aromatic heterocycles. The first-order valence-corrected chi connectivity index (χ1v) is 22.3. The zero-order chi connectivity index (χ0) is 40.7. The van der Waals surface area contributed by atoms with Crippen LogP contribution in [0.25, 0.3) is 0 Å². The third kappa shape index (κ3) is 40.7. The summed E-state index contributed by atoms with van der Waals surface area (Å²) in [6.45, 7) is 3.95. The molecule has 2 atom stereocenters. The van der Waals surface area contributed by atoms with Crippen LogP contribution >= 0.6 is 7.82 Å². The molecular weight excluding hydrogens is 713 g/mol. The van der Waals surface area contributed by atoms with E-state index in [0.717, 1.165) is 77.0 Å². The highest BCUT2D eigenvalue weighted by Gasteiger charge is 2.21. The maximum atomic E-state index is 12.6. The van der Waals surface area contributed by atoms with Crippen LogP contribution in [0.3, 0.4) is 0 Å². The first-order valence-electron chi connectivity index (χ1n) is 20.8. The largest absolute Gasteiger partial charge is 0.756 e. The SMILES string of the molecule is CC/C=C/C/C=C/C/C=C/C/C=C/C/C=C/CCCC(=O)O[C@H](COC(=O)CCCCCCC/C=C/C/C=C/CCCC)COP(=O)([O-])OCC[N+](C)(C)C. The number of unbranched alkanes of at least 4 members (excludes halogenated alkanes) is 8. The number of hydrogen-bond acceptors (Lipinski definition) is 8. The molecule has 0 aromatic rings. The molecule has 1 unspecified atom stereocenters. The number of nitrogens with zero attached hydrogens (tertiary/aromatic N) is 1. The summed E-state index contributed by atoms with van der Waals surface area (Å²) in [6, 6.07) is 0. The van der Waals surface area contributed by atoms with Crippen molar-refractivity contribution in [2.45, 2.75) is 142 Å². The van der Waals surface area contributed by atoms with E-state index < -0.39 is 32.5 Å². The van der Waals surface area contributed by atoms with Gasteiger partial charge in [-0.25, -0.2) is 0 Å². The number of phosphoric ester groups is 1. The summed E-state index contributed by atoms with van der Waals surface area (Å²) in [6.07, 6.45) is 46.2. The summed E-state index contributed by atoms with van der Waals surface area (Å²) in [5, 5.41) is 0. The van der Waals surface area contributed by atoms with E-state index in [4.69, 9.17) is 18.5 Å². The Morgan fingerprint density at radius 1 is 0.582 bits per heavy atom. The van der Waals surface area contributed by atoms with Crippen molar-refractivity contribution in [3.8, 4) is 0 Å². The number of carbonyl (C=O) groups is 2. The molecule has 0 fully saturated rings. The summed E-state index contributed by atoms with van der Waals surface area (Å²) in [4.78, 5) is 37.4. The van der Waals surface area contributed by atoms with Crippen LogP contribution in [-0.2, 0) is 32.7 Å². The molecular formula is C45H76NO8P. The van der Waals surface area contributed by atoms with Crippen molar-refractivity contribution >= 4 is 19.8 Å². The van der Waals surface area contributed by atoms with Gasteiger partial charge in [-0.05, 0) is 77.0 Å². The lowest BCUT2D eigenvalue weighted by Gasteiger charge is -2.28. The van der Waals surface area contributed by atoms with Gasteiger partial charge in [0.05, 0.1) is 27.7 Å². The van der Waals surface area contributed by atoms with E-state index in [1.807, 2.05) is 27.2 Å². The van der Waals surface area contributed by atoms with Gasteiger partial charge in [-0.3, -0.25) is 14.2 Å². The van der Waals surface area contributed by atoms with Crippen LogP contribution in [0.2, 0.25) is 0 Å². The number of allylic oxidation sites excluding steroid dienone is 14. The number of carbonyl (C=O) groups excluding carboxylic acids is 2. The monoisotopic (exact) mass is 790 g/mol. The van der Waals surface area contributed by atoms with Gasteiger partial charge < -0.3 is 27.9 Å². The molecule has 9 nitrogen and oxygen atoms in total. The van der Waals surface area contributed by atoms with E-state index in [2.05, 4.69) is 92.8 Å². The molecule has 314 valence electrons. The molecule has 0 saturated carbocycles. The lowest BCUT2D eigenvalue weighted by atomic mass is 10.1. The number of likely N-dealkylation sites (N-methyl/N-ethyl adjacent to an activating group) is 1. The number of phosphoric acid groups is 1. The van der Waals surface area contributed by atoms with E-state index in [1.165, 1.54) is 12.8 Å². The Bertz CT molecular complexity index is 1210. The van der Waals surface area contributed by atoms with Crippen LogP contribution in [-0.4, -0.2) is 70.0 Å². The molecule has 0 N–H and O–H groups in total. The topological polar surface area (TPSA) is 111 Å². The van der Waals surface area contributed by atoms with E-state index >= 15 is 0 Å². The Balaban J connectivity index is 4.54. The van der Waals surface area contributed by atoms with Crippen molar-refractivity contribution in [3.63, 3.8) is 0 Å². The maximum absolute atomic E-state index is 12.6. The minimum Gasteiger partial charge on any atom is -0.756 e. The van der Waals surface area contributed by atoms with Crippen molar-refractivity contribution in [1.82, 2.24) is 0 Å². The minimum absolute atomic E-state index is 0.0486. The third-order valence-electron chi connectivity index (χ3n) is 8.15. The zero-order valence-corrected chi connectivity index (χ0v) is 36.0. The quantitative estimate of drug-likeness (QED) is 0.0203. The van der Waals surface area contributed by atoms with E-state index in [9.17, 15) is 19.0 Å². The van der Waals surface area contributed by atoms with E-state index in [0.29, 0.717) is 30.3 Å². The average molecular weight is 790 g/mol. The van der Waals surface area contributed by atoms with Crippen LogP contribution < -0.4 is 4.89 Å². The minimum atomic E-state index is -4.65. The molecule has 0 radical (unpaired) electrons. The lowest BCUT2D eigenvalue weighted by molar-refractivity contribution is -0.870. The summed E-state index contributed by atoms with van der Waals surface area (Å²) < 4.78 is 33.7. The number of esters is 2. The van der Waals surface area contributed by atoms with Gasteiger partial charge >= 0.3 is 11.9 Å². The Kier molecular flexibility index (Phi) is 34.9. The Labute approximate surface area is 335 Å². The summed E-state index contributed by atoms with van der Waals surface area (Å²) in [5.41, 5.74) is 0. The lowest BCUT2D eigenvalue weighted by Crippen LogP contribution is -2.37. The fraction of sp³-hybridized carbons (Fsp3) is 0.644. The first kappa shape index (κ1) is 52.2. The smallest absolute Gasteiger partial charge is 0.306 e. The van der Waals surface area contributed by atoms with Gasteiger partial charge in [0.25, 0.3) is 7.82 Å². The summed E-state index contributed by atoms with van der Waals surface area (Å²) in [5.74, 6) is -0.930. The molecule has 0 rings (SSSR count). The van der Waals surface area contributed by atoms with Gasteiger partial charge in [0, 0.05) is 12.8 Å². The van der Waals surface area contributed by atoms with Crippen LogP contribution in [0.1, 0.15) is 136 Å². The molecule has 0 aromatic carbocycles. The molecule has 0 aliphatic carbocycles.